The van der Waals surface area contributed by atoms with E-state index in [4.69, 9.17) is 4.74 Å². The van der Waals surface area contributed by atoms with E-state index in [1.54, 1.807) is 19.2 Å². The third kappa shape index (κ3) is 4.64. The first kappa shape index (κ1) is 20.3. The van der Waals surface area contributed by atoms with Gasteiger partial charge in [0.05, 0.1) is 18.8 Å². The van der Waals surface area contributed by atoms with Crippen molar-refractivity contribution in [3.63, 3.8) is 0 Å². The Bertz CT molecular complexity index is 1080. The molecule has 1 aliphatic rings. The number of nitrogens with one attached hydrogen (secondary N) is 1. The molecule has 0 spiro atoms. The van der Waals surface area contributed by atoms with Gasteiger partial charge in [-0.25, -0.2) is 5.01 Å². The van der Waals surface area contributed by atoms with E-state index in [9.17, 15) is 9.59 Å². The van der Waals surface area contributed by atoms with E-state index in [-0.39, 0.29) is 24.3 Å². The summed E-state index contributed by atoms with van der Waals surface area (Å²) in [6, 6.07) is 26.1. The van der Waals surface area contributed by atoms with E-state index in [0.717, 1.165) is 16.9 Å². The van der Waals surface area contributed by atoms with Crippen LogP contribution in [0.3, 0.4) is 0 Å². The molecule has 1 aliphatic heterocycles. The van der Waals surface area contributed by atoms with Crippen molar-refractivity contribution in [1.29, 1.82) is 0 Å². The number of rotatable bonds is 6. The lowest BCUT2D eigenvalue weighted by atomic mass is 9.98. The highest BCUT2D eigenvalue weighted by Gasteiger charge is 2.27. The maximum Gasteiger partial charge on any atom is 0.268 e. The third-order valence-electron chi connectivity index (χ3n) is 5.15. The molecule has 0 saturated carbocycles. The topological polar surface area (TPSA) is 71.0 Å². The van der Waals surface area contributed by atoms with Crippen molar-refractivity contribution >= 4 is 23.2 Å². The second-order valence-corrected chi connectivity index (χ2v) is 7.18. The predicted octanol–water partition coefficient (Wildman–Crippen LogP) is 4.08. The molecule has 6 nitrogen and oxygen atoms in total. The zero-order valence-corrected chi connectivity index (χ0v) is 17.2. The van der Waals surface area contributed by atoms with Gasteiger partial charge in [-0.1, -0.05) is 60.7 Å². The molecule has 31 heavy (non-hydrogen) atoms. The van der Waals surface area contributed by atoms with Crippen LogP contribution in [0.2, 0.25) is 0 Å². The van der Waals surface area contributed by atoms with Crippen LogP contribution in [-0.2, 0) is 9.59 Å². The Labute approximate surface area is 181 Å². The largest absolute Gasteiger partial charge is 0.497 e. The third-order valence-corrected chi connectivity index (χ3v) is 5.15. The standard InChI is InChI=1S/C25H23N3O3/c1-31-21-14-12-19(13-15-21)24(18-8-4-2-5-9-18)26-25(30)22-16-17-23(29)28(27-22)20-10-6-3-7-11-20/h2-15,24H,16-17H2,1H3,(H,26,30). The first-order valence-electron chi connectivity index (χ1n) is 10.1. The van der Waals surface area contributed by atoms with Crippen LogP contribution >= 0.6 is 0 Å². The summed E-state index contributed by atoms with van der Waals surface area (Å²) in [6.07, 6.45) is 0.539. The monoisotopic (exact) mass is 413 g/mol. The highest BCUT2D eigenvalue weighted by molar-refractivity contribution is 6.40. The molecule has 3 aromatic carbocycles. The van der Waals surface area contributed by atoms with Gasteiger partial charge in [0.25, 0.3) is 5.91 Å². The summed E-state index contributed by atoms with van der Waals surface area (Å²) >= 11 is 0. The summed E-state index contributed by atoms with van der Waals surface area (Å²) in [4.78, 5) is 25.5. The van der Waals surface area contributed by atoms with E-state index >= 15 is 0 Å². The van der Waals surface area contributed by atoms with Crippen molar-refractivity contribution in [2.24, 2.45) is 5.10 Å². The average Bonchev–Trinajstić information content (AvgIpc) is 2.84. The Morgan fingerprint density at radius 1 is 0.903 bits per heavy atom. The maximum atomic E-state index is 13.2. The van der Waals surface area contributed by atoms with Crippen LogP contribution in [0.4, 0.5) is 5.69 Å². The molecular formula is C25H23N3O3. The Kier molecular flexibility index (Phi) is 6.08. The molecule has 1 atom stereocenters. The maximum absolute atomic E-state index is 13.2. The average molecular weight is 413 g/mol. The SMILES string of the molecule is COc1ccc(C(NC(=O)C2=NN(c3ccccc3)C(=O)CC2)c2ccccc2)cc1. The van der Waals surface area contributed by atoms with Gasteiger partial charge < -0.3 is 10.1 Å². The lowest BCUT2D eigenvalue weighted by molar-refractivity contribution is -0.119. The van der Waals surface area contributed by atoms with Gasteiger partial charge in [-0.15, -0.1) is 0 Å². The summed E-state index contributed by atoms with van der Waals surface area (Å²) in [6.45, 7) is 0. The predicted molar refractivity (Wildman–Crippen MR) is 120 cm³/mol. The second-order valence-electron chi connectivity index (χ2n) is 7.18. The zero-order chi connectivity index (χ0) is 21.6. The number of carbonyl (C=O) groups is 2. The Morgan fingerprint density at radius 2 is 1.52 bits per heavy atom. The first-order valence-corrected chi connectivity index (χ1v) is 10.1. The van der Waals surface area contributed by atoms with E-state index < -0.39 is 0 Å². The van der Waals surface area contributed by atoms with Gasteiger partial charge in [-0.05, 0) is 35.4 Å². The molecule has 0 bridgehead atoms. The quantitative estimate of drug-likeness (QED) is 0.662. The molecule has 1 unspecified atom stereocenters. The van der Waals surface area contributed by atoms with Gasteiger partial charge in [-0.3, -0.25) is 9.59 Å². The van der Waals surface area contributed by atoms with Crippen LogP contribution in [0.15, 0.2) is 90.0 Å². The molecule has 0 fully saturated rings. The number of ether oxygens (including phenoxy) is 1. The lowest BCUT2D eigenvalue weighted by Crippen LogP contribution is -2.40. The highest BCUT2D eigenvalue weighted by Crippen LogP contribution is 2.25. The fourth-order valence-corrected chi connectivity index (χ4v) is 3.50. The minimum absolute atomic E-state index is 0.127. The Balaban J connectivity index is 1.62. The smallest absolute Gasteiger partial charge is 0.268 e. The van der Waals surface area contributed by atoms with Gasteiger partial charge >= 0.3 is 0 Å². The number of para-hydroxylation sites is 1. The summed E-state index contributed by atoms with van der Waals surface area (Å²) in [7, 11) is 1.62. The number of hydrogen-bond donors (Lipinski definition) is 1. The van der Waals surface area contributed by atoms with Gasteiger partial charge in [-0.2, -0.15) is 5.10 Å². The number of hydrazone groups is 1. The van der Waals surface area contributed by atoms with Gasteiger partial charge in [0, 0.05) is 12.8 Å². The van der Waals surface area contributed by atoms with Crippen LogP contribution in [0.5, 0.6) is 5.75 Å². The summed E-state index contributed by atoms with van der Waals surface area (Å²) in [5.41, 5.74) is 2.85. The molecule has 3 aromatic rings. The minimum atomic E-state index is -0.356. The van der Waals surface area contributed by atoms with Gasteiger partial charge in [0.2, 0.25) is 5.91 Å². The van der Waals surface area contributed by atoms with Crippen LogP contribution < -0.4 is 15.1 Å². The fourth-order valence-electron chi connectivity index (χ4n) is 3.50. The van der Waals surface area contributed by atoms with Crippen LogP contribution in [0.1, 0.15) is 30.0 Å². The molecule has 2 amide bonds. The fraction of sp³-hybridized carbons (Fsp3) is 0.160. The number of methoxy groups -OCH3 is 1. The van der Waals surface area contributed by atoms with Crippen molar-refractivity contribution in [3.8, 4) is 5.75 Å². The van der Waals surface area contributed by atoms with Crippen molar-refractivity contribution in [1.82, 2.24) is 5.32 Å². The van der Waals surface area contributed by atoms with Crippen molar-refractivity contribution < 1.29 is 14.3 Å². The van der Waals surface area contributed by atoms with Crippen LogP contribution in [0, 0.1) is 0 Å². The number of anilines is 1. The van der Waals surface area contributed by atoms with Crippen molar-refractivity contribution in [2.45, 2.75) is 18.9 Å². The summed E-state index contributed by atoms with van der Waals surface area (Å²) < 4.78 is 5.25. The molecule has 4 rings (SSSR count). The number of amides is 2. The molecule has 0 aromatic heterocycles. The van der Waals surface area contributed by atoms with E-state index in [1.165, 1.54) is 5.01 Å². The zero-order valence-electron chi connectivity index (χ0n) is 17.2. The molecule has 0 saturated heterocycles. The van der Waals surface area contributed by atoms with Gasteiger partial charge in [0.15, 0.2) is 0 Å². The van der Waals surface area contributed by atoms with Crippen LogP contribution in [0.25, 0.3) is 0 Å². The molecule has 0 radical (unpaired) electrons. The van der Waals surface area contributed by atoms with E-state index in [2.05, 4.69) is 10.4 Å². The lowest BCUT2D eigenvalue weighted by Gasteiger charge is -2.25. The minimum Gasteiger partial charge on any atom is -0.497 e. The molecule has 6 heteroatoms. The number of benzene rings is 3. The van der Waals surface area contributed by atoms with Gasteiger partial charge in [0.1, 0.15) is 11.5 Å². The van der Waals surface area contributed by atoms with E-state index in [1.807, 2.05) is 72.8 Å². The molecular weight excluding hydrogens is 390 g/mol. The Hall–Kier alpha value is -3.93. The van der Waals surface area contributed by atoms with Crippen molar-refractivity contribution in [2.75, 3.05) is 12.1 Å². The number of nitrogens with zero attached hydrogens (tertiary/aromatic N) is 2. The first-order chi connectivity index (χ1) is 15.2. The molecule has 1 N–H and O–H groups in total. The number of carbonyl (C=O) groups excluding carboxylic acids is 2. The normalized spacial score (nSPS) is 14.5. The highest BCUT2D eigenvalue weighted by atomic mass is 16.5. The molecule has 0 aliphatic carbocycles. The molecule has 1 heterocycles. The second kappa shape index (κ2) is 9.26. The van der Waals surface area contributed by atoms with E-state index in [0.29, 0.717) is 17.8 Å². The molecule has 156 valence electrons. The van der Waals surface area contributed by atoms with Crippen molar-refractivity contribution in [3.05, 3.63) is 96.1 Å². The summed E-state index contributed by atoms with van der Waals surface area (Å²) in [5.74, 6) is 0.325. The Morgan fingerprint density at radius 3 is 2.16 bits per heavy atom. The van der Waals surface area contributed by atoms with Crippen LogP contribution in [-0.4, -0.2) is 24.6 Å². The number of hydrogen-bond acceptors (Lipinski definition) is 4. The summed E-state index contributed by atoms with van der Waals surface area (Å²) in [5, 5.41) is 8.77.